The number of aromatic nitrogens is 3. The minimum atomic E-state index is -0.433. The van der Waals surface area contributed by atoms with Gasteiger partial charge in [-0.2, -0.15) is 4.98 Å². The van der Waals surface area contributed by atoms with Crippen molar-refractivity contribution in [3.8, 4) is 22.9 Å². The van der Waals surface area contributed by atoms with Crippen LogP contribution in [0, 0.1) is 0 Å². The largest absolute Gasteiger partial charge is 0.497 e. The first-order valence-corrected chi connectivity index (χ1v) is 9.85. The molecule has 132 valence electrons. The SMILES string of the molecule is COc1cccc(C2Nc3ccc(Br)cc3-c3nnc(SC)nc3O2)c1. The number of rotatable bonds is 3. The number of hydrogen-bond donors (Lipinski definition) is 1. The lowest BCUT2D eigenvalue weighted by molar-refractivity contribution is 0.224. The van der Waals surface area contributed by atoms with Crippen LogP contribution in [-0.4, -0.2) is 28.5 Å². The maximum atomic E-state index is 6.20. The van der Waals surface area contributed by atoms with Crippen molar-refractivity contribution in [2.75, 3.05) is 18.7 Å². The van der Waals surface area contributed by atoms with Gasteiger partial charge in [-0.15, -0.1) is 10.2 Å². The Kier molecular flexibility index (Phi) is 4.69. The fourth-order valence-corrected chi connectivity index (χ4v) is 3.37. The third-order valence-electron chi connectivity index (χ3n) is 3.97. The molecular formula is C18H15BrN4O2S. The van der Waals surface area contributed by atoms with Crippen LogP contribution in [0.15, 0.2) is 52.1 Å². The van der Waals surface area contributed by atoms with Gasteiger partial charge in [0, 0.05) is 21.3 Å². The minimum Gasteiger partial charge on any atom is -0.497 e. The summed E-state index contributed by atoms with van der Waals surface area (Å²) in [5.41, 5.74) is 3.31. The number of anilines is 1. The predicted octanol–water partition coefficient (Wildman–Crippen LogP) is 4.53. The molecule has 1 aliphatic rings. The van der Waals surface area contributed by atoms with Gasteiger partial charge in [0.1, 0.15) is 5.75 Å². The first kappa shape index (κ1) is 17.1. The summed E-state index contributed by atoms with van der Waals surface area (Å²) in [6, 6.07) is 13.7. The Balaban J connectivity index is 1.86. The van der Waals surface area contributed by atoms with E-state index < -0.39 is 6.23 Å². The van der Waals surface area contributed by atoms with Crippen LogP contribution >= 0.6 is 27.7 Å². The van der Waals surface area contributed by atoms with E-state index in [2.05, 4.69) is 36.4 Å². The van der Waals surface area contributed by atoms with E-state index in [0.717, 1.165) is 27.0 Å². The van der Waals surface area contributed by atoms with Crippen LogP contribution in [-0.2, 0) is 0 Å². The average molecular weight is 431 g/mol. The number of halogens is 1. The van der Waals surface area contributed by atoms with Crippen molar-refractivity contribution in [3.05, 3.63) is 52.5 Å². The Bertz CT molecular complexity index is 970. The molecule has 0 amide bonds. The molecule has 4 rings (SSSR count). The zero-order chi connectivity index (χ0) is 18.1. The van der Waals surface area contributed by atoms with E-state index in [4.69, 9.17) is 9.47 Å². The first-order valence-electron chi connectivity index (χ1n) is 7.83. The second-order valence-corrected chi connectivity index (χ2v) is 7.25. The van der Waals surface area contributed by atoms with Gasteiger partial charge in [-0.25, -0.2) is 0 Å². The van der Waals surface area contributed by atoms with Gasteiger partial charge in [0.25, 0.3) is 0 Å². The van der Waals surface area contributed by atoms with Gasteiger partial charge in [0.2, 0.25) is 11.0 Å². The molecule has 6 nitrogen and oxygen atoms in total. The minimum absolute atomic E-state index is 0.433. The predicted molar refractivity (Wildman–Crippen MR) is 105 cm³/mol. The summed E-state index contributed by atoms with van der Waals surface area (Å²) >= 11 is 4.94. The molecule has 0 saturated heterocycles. The fraction of sp³-hybridized carbons (Fsp3) is 0.167. The summed E-state index contributed by atoms with van der Waals surface area (Å²) in [5, 5.41) is 12.5. The van der Waals surface area contributed by atoms with Crippen molar-refractivity contribution < 1.29 is 9.47 Å². The quantitative estimate of drug-likeness (QED) is 0.611. The van der Waals surface area contributed by atoms with E-state index >= 15 is 0 Å². The third-order valence-corrected chi connectivity index (χ3v) is 5.00. The van der Waals surface area contributed by atoms with Gasteiger partial charge < -0.3 is 14.8 Å². The number of nitrogens with zero attached hydrogens (tertiary/aromatic N) is 3. The molecule has 3 aromatic rings. The van der Waals surface area contributed by atoms with Gasteiger partial charge in [0.05, 0.1) is 7.11 Å². The van der Waals surface area contributed by atoms with Crippen molar-refractivity contribution in [1.82, 2.24) is 15.2 Å². The van der Waals surface area contributed by atoms with Crippen LogP contribution in [0.1, 0.15) is 11.8 Å². The molecule has 26 heavy (non-hydrogen) atoms. The van der Waals surface area contributed by atoms with E-state index in [-0.39, 0.29) is 0 Å². The Morgan fingerprint density at radius 3 is 2.88 bits per heavy atom. The van der Waals surface area contributed by atoms with Crippen LogP contribution < -0.4 is 14.8 Å². The lowest BCUT2D eigenvalue weighted by Gasteiger charge is -2.19. The number of methoxy groups -OCH3 is 1. The molecule has 0 aliphatic carbocycles. The maximum Gasteiger partial charge on any atom is 0.247 e. The lowest BCUT2D eigenvalue weighted by Crippen LogP contribution is -2.17. The monoisotopic (exact) mass is 430 g/mol. The van der Waals surface area contributed by atoms with Crippen LogP contribution in [0.5, 0.6) is 11.6 Å². The number of ether oxygens (including phenoxy) is 2. The molecular weight excluding hydrogens is 416 g/mol. The fourth-order valence-electron chi connectivity index (χ4n) is 2.71. The number of nitrogens with one attached hydrogen (secondary N) is 1. The van der Waals surface area contributed by atoms with Crippen molar-refractivity contribution in [2.24, 2.45) is 0 Å². The Hall–Kier alpha value is -2.32. The summed E-state index contributed by atoms with van der Waals surface area (Å²) < 4.78 is 12.5. The molecule has 0 bridgehead atoms. The van der Waals surface area contributed by atoms with E-state index in [1.54, 1.807) is 7.11 Å². The van der Waals surface area contributed by atoms with Crippen LogP contribution in [0.3, 0.4) is 0 Å². The molecule has 1 N–H and O–H groups in total. The molecule has 0 radical (unpaired) electrons. The highest BCUT2D eigenvalue weighted by atomic mass is 79.9. The van der Waals surface area contributed by atoms with Crippen molar-refractivity contribution >= 4 is 33.4 Å². The highest BCUT2D eigenvalue weighted by molar-refractivity contribution is 9.10. The standard InChI is InChI=1S/C18H15BrN4O2S/c1-24-12-5-3-4-10(8-12)16-20-14-7-6-11(19)9-13(14)15-17(25-16)21-18(26-2)23-22-15/h3-9,16,20H,1-2H3. The number of fused-ring (bicyclic) bond motifs is 3. The lowest BCUT2D eigenvalue weighted by atomic mass is 10.1. The van der Waals surface area contributed by atoms with Gasteiger partial charge in [-0.05, 0) is 36.6 Å². The highest BCUT2D eigenvalue weighted by Crippen LogP contribution is 2.40. The van der Waals surface area contributed by atoms with E-state index in [1.165, 1.54) is 11.8 Å². The molecule has 0 saturated carbocycles. The number of thioether (sulfide) groups is 1. The smallest absolute Gasteiger partial charge is 0.247 e. The molecule has 8 heteroatoms. The maximum absolute atomic E-state index is 6.20. The molecule has 0 fully saturated rings. The Morgan fingerprint density at radius 1 is 1.19 bits per heavy atom. The van der Waals surface area contributed by atoms with Crippen LogP contribution in [0.2, 0.25) is 0 Å². The number of hydrogen-bond acceptors (Lipinski definition) is 7. The summed E-state index contributed by atoms with van der Waals surface area (Å²) in [5.74, 6) is 1.21. The van der Waals surface area contributed by atoms with Crippen molar-refractivity contribution in [2.45, 2.75) is 11.4 Å². The Labute approximate surface area is 163 Å². The molecule has 1 atom stereocenters. The van der Waals surface area contributed by atoms with Crippen molar-refractivity contribution in [3.63, 3.8) is 0 Å². The second kappa shape index (κ2) is 7.13. The van der Waals surface area contributed by atoms with Gasteiger partial charge in [-0.3, -0.25) is 0 Å². The summed E-state index contributed by atoms with van der Waals surface area (Å²) in [6.07, 6.45) is 1.47. The Morgan fingerprint density at radius 2 is 2.08 bits per heavy atom. The van der Waals surface area contributed by atoms with E-state index in [0.29, 0.717) is 16.7 Å². The summed E-state index contributed by atoms with van der Waals surface area (Å²) in [4.78, 5) is 4.52. The third kappa shape index (κ3) is 3.22. The summed E-state index contributed by atoms with van der Waals surface area (Å²) in [6.45, 7) is 0. The molecule has 1 aromatic heterocycles. The molecule has 2 heterocycles. The van der Waals surface area contributed by atoms with E-state index in [9.17, 15) is 0 Å². The van der Waals surface area contributed by atoms with Gasteiger partial charge in [0.15, 0.2) is 11.9 Å². The number of benzene rings is 2. The molecule has 1 aliphatic heterocycles. The average Bonchev–Trinajstić information content (AvgIpc) is 2.84. The molecule has 1 unspecified atom stereocenters. The van der Waals surface area contributed by atoms with Gasteiger partial charge in [-0.1, -0.05) is 39.8 Å². The highest BCUT2D eigenvalue weighted by Gasteiger charge is 2.26. The normalized spacial score (nSPS) is 15.1. The topological polar surface area (TPSA) is 69.2 Å². The van der Waals surface area contributed by atoms with Crippen LogP contribution in [0.4, 0.5) is 5.69 Å². The molecule has 0 spiro atoms. The van der Waals surface area contributed by atoms with Gasteiger partial charge >= 0.3 is 0 Å². The zero-order valence-electron chi connectivity index (χ0n) is 14.1. The van der Waals surface area contributed by atoms with Crippen molar-refractivity contribution in [1.29, 1.82) is 0 Å². The first-order chi connectivity index (χ1) is 12.7. The summed E-state index contributed by atoms with van der Waals surface area (Å²) in [7, 11) is 1.64. The zero-order valence-corrected chi connectivity index (χ0v) is 16.5. The second-order valence-electron chi connectivity index (χ2n) is 5.56. The molecule has 2 aromatic carbocycles. The van der Waals surface area contributed by atoms with E-state index in [1.807, 2.05) is 48.7 Å². The van der Waals surface area contributed by atoms with Crippen LogP contribution in [0.25, 0.3) is 11.3 Å².